The standard InChI is InChI=1S/C16H13ClN2OS/c17-11-4-3-5-12(10-11)18-15(20)8-9-16-19-13-6-1-2-7-14(13)21-16/h1-7,10H,8-9H2,(H,18,20). The Morgan fingerprint density at radius 1 is 1.19 bits per heavy atom. The highest BCUT2D eigenvalue weighted by molar-refractivity contribution is 7.18. The molecule has 1 aromatic heterocycles. The Morgan fingerprint density at radius 2 is 2.05 bits per heavy atom. The van der Waals surface area contributed by atoms with Gasteiger partial charge in [-0.25, -0.2) is 4.98 Å². The van der Waals surface area contributed by atoms with Gasteiger partial charge in [0.1, 0.15) is 0 Å². The second kappa shape index (κ2) is 6.24. The number of thiazole rings is 1. The second-order valence-corrected chi connectivity index (χ2v) is 6.19. The normalized spacial score (nSPS) is 10.7. The first kappa shape index (κ1) is 14.0. The van der Waals surface area contributed by atoms with Gasteiger partial charge in [0.05, 0.1) is 15.2 Å². The Morgan fingerprint density at radius 3 is 2.86 bits per heavy atom. The van der Waals surface area contributed by atoms with Crippen LogP contribution in [0.15, 0.2) is 48.5 Å². The minimum atomic E-state index is -0.0310. The summed E-state index contributed by atoms with van der Waals surface area (Å²) >= 11 is 7.52. The van der Waals surface area contributed by atoms with Crippen LogP contribution in [0.2, 0.25) is 5.02 Å². The summed E-state index contributed by atoms with van der Waals surface area (Å²) in [6.45, 7) is 0. The Bertz CT molecular complexity index is 752. The minimum Gasteiger partial charge on any atom is -0.326 e. The Labute approximate surface area is 131 Å². The van der Waals surface area contributed by atoms with Gasteiger partial charge in [0, 0.05) is 23.6 Å². The van der Waals surface area contributed by atoms with Crippen molar-refractivity contribution in [2.75, 3.05) is 5.32 Å². The van der Waals surface area contributed by atoms with E-state index in [0.717, 1.165) is 20.9 Å². The lowest BCUT2D eigenvalue weighted by Gasteiger charge is -2.04. The number of benzene rings is 2. The van der Waals surface area contributed by atoms with Gasteiger partial charge in [-0.15, -0.1) is 11.3 Å². The number of para-hydroxylation sites is 1. The van der Waals surface area contributed by atoms with Crippen LogP contribution >= 0.6 is 22.9 Å². The Balaban J connectivity index is 1.60. The van der Waals surface area contributed by atoms with E-state index in [4.69, 9.17) is 11.6 Å². The monoisotopic (exact) mass is 316 g/mol. The van der Waals surface area contributed by atoms with Crippen LogP contribution in [0, 0.1) is 0 Å². The van der Waals surface area contributed by atoms with Crippen LogP contribution in [-0.4, -0.2) is 10.9 Å². The number of amides is 1. The van der Waals surface area contributed by atoms with Gasteiger partial charge in [-0.05, 0) is 30.3 Å². The van der Waals surface area contributed by atoms with Crippen molar-refractivity contribution in [2.45, 2.75) is 12.8 Å². The fourth-order valence-electron chi connectivity index (χ4n) is 2.04. The minimum absolute atomic E-state index is 0.0310. The van der Waals surface area contributed by atoms with Crippen molar-refractivity contribution in [1.82, 2.24) is 4.98 Å². The van der Waals surface area contributed by atoms with Crippen LogP contribution < -0.4 is 5.32 Å². The van der Waals surface area contributed by atoms with Gasteiger partial charge in [0.15, 0.2) is 0 Å². The lowest BCUT2D eigenvalue weighted by atomic mass is 10.2. The van der Waals surface area contributed by atoms with Crippen molar-refractivity contribution < 1.29 is 4.79 Å². The zero-order valence-electron chi connectivity index (χ0n) is 11.2. The molecule has 0 aliphatic rings. The molecular formula is C16H13ClN2OS. The molecule has 3 nitrogen and oxygen atoms in total. The molecule has 1 N–H and O–H groups in total. The molecule has 3 aromatic rings. The van der Waals surface area contributed by atoms with E-state index in [1.54, 1.807) is 23.5 Å². The van der Waals surface area contributed by atoms with Crippen molar-refractivity contribution in [2.24, 2.45) is 0 Å². The number of nitrogens with one attached hydrogen (secondary N) is 1. The van der Waals surface area contributed by atoms with E-state index < -0.39 is 0 Å². The molecule has 0 radical (unpaired) electrons. The molecule has 0 spiro atoms. The van der Waals surface area contributed by atoms with Crippen LogP contribution in [0.5, 0.6) is 0 Å². The summed E-state index contributed by atoms with van der Waals surface area (Å²) in [5, 5.41) is 4.43. The van der Waals surface area contributed by atoms with Crippen molar-refractivity contribution in [3.8, 4) is 0 Å². The Kier molecular flexibility index (Phi) is 4.18. The SMILES string of the molecule is O=C(CCc1nc2ccccc2s1)Nc1cccc(Cl)c1. The number of hydrogen-bond acceptors (Lipinski definition) is 3. The molecule has 0 unspecified atom stereocenters. The maximum atomic E-state index is 11.9. The smallest absolute Gasteiger partial charge is 0.224 e. The molecule has 1 amide bonds. The number of aromatic nitrogens is 1. The first-order valence-electron chi connectivity index (χ1n) is 6.60. The second-order valence-electron chi connectivity index (χ2n) is 4.63. The number of nitrogens with zero attached hydrogens (tertiary/aromatic N) is 1. The Hall–Kier alpha value is -1.91. The summed E-state index contributed by atoms with van der Waals surface area (Å²) in [7, 11) is 0. The zero-order valence-corrected chi connectivity index (χ0v) is 12.7. The predicted molar refractivity (Wildman–Crippen MR) is 88.0 cm³/mol. The summed E-state index contributed by atoms with van der Waals surface area (Å²) in [6, 6.07) is 15.1. The van der Waals surface area contributed by atoms with Crippen LogP contribution in [0.25, 0.3) is 10.2 Å². The molecule has 0 fully saturated rings. The van der Waals surface area contributed by atoms with E-state index in [1.165, 1.54) is 0 Å². The summed E-state index contributed by atoms with van der Waals surface area (Å²) < 4.78 is 1.16. The first-order chi connectivity index (χ1) is 10.2. The van der Waals surface area contributed by atoms with Crippen LogP contribution in [0.3, 0.4) is 0 Å². The quantitative estimate of drug-likeness (QED) is 0.769. The third-order valence-electron chi connectivity index (χ3n) is 3.01. The molecule has 0 bridgehead atoms. The van der Waals surface area contributed by atoms with Crippen molar-refractivity contribution >= 4 is 44.7 Å². The van der Waals surface area contributed by atoms with E-state index in [0.29, 0.717) is 17.9 Å². The summed E-state index contributed by atoms with van der Waals surface area (Å²) in [6.07, 6.45) is 1.05. The maximum Gasteiger partial charge on any atom is 0.224 e. The number of carbonyl (C=O) groups excluding carboxylic acids is 1. The third kappa shape index (κ3) is 3.60. The largest absolute Gasteiger partial charge is 0.326 e. The molecule has 0 aliphatic carbocycles. The highest BCUT2D eigenvalue weighted by Gasteiger charge is 2.07. The fourth-order valence-corrected chi connectivity index (χ4v) is 3.19. The number of aryl methyl sites for hydroxylation is 1. The highest BCUT2D eigenvalue weighted by atomic mass is 35.5. The molecule has 5 heteroatoms. The molecule has 0 saturated carbocycles. The van der Waals surface area contributed by atoms with Gasteiger partial charge in [-0.3, -0.25) is 4.79 Å². The van der Waals surface area contributed by atoms with E-state index in [2.05, 4.69) is 10.3 Å². The maximum absolute atomic E-state index is 11.9. The predicted octanol–water partition coefficient (Wildman–Crippen LogP) is 4.52. The lowest BCUT2D eigenvalue weighted by molar-refractivity contribution is -0.116. The zero-order chi connectivity index (χ0) is 14.7. The summed E-state index contributed by atoms with van der Waals surface area (Å²) in [5.74, 6) is -0.0310. The molecule has 2 aromatic carbocycles. The number of anilines is 1. The molecular weight excluding hydrogens is 304 g/mol. The van der Waals surface area contributed by atoms with E-state index in [9.17, 15) is 4.79 Å². The van der Waals surface area contributed by atoms with Crippen LogP contribution in [0.1, 0.15) is 11.4 Å². The third-order valence-corrected chi connectivity index (χ3v) is 4.34. The number of rotatable bonds is 4. The summed E-state index contributed by atoms with van der Waals surface area (Å²) in [4.78, 5) is 16.5. The average molecular weight is 317 g/mol. The molecule has 1 heterocycles. The van der Waals surface area contributed by atoms with Crippen LogP contribution in [0.4, 0.5) is 5.69 Å². The van der Waals surface area contributed by atoms with Crippen molar-refractivity contribution in [3.05, 3.63) is 58.6 Å². The first-order valence-corrected chi connectivity index (χ1v) is 7.80. The van der Waals surface area contributed by atoms with Gasteiger partial charge in [-0.1, -0.05) is 29.8 Å². The number of hydrogen-bond donors (Lipinski definition) is 1. The van der Waals surface area contributed by atoms with Crippen LogP contribution in [-0.2, 0) is 11.2 Å². The van der Waals surface area contributed by atoms with E-state index in [-0.39, 0.29) is 5.91 Å². The van der Waals surface area contributed by atoms with Gasteiger partial charge in [0.25, 0.3) is 0 Å². The fraction of sp³-hybridized carbons (Fsp3) is 0.125. The van der Waals surface area contributed by atoms with Gasteiger partial charge in [0.2, 0.25) is 5.91 Å². The molecule has 3 rings (SSSR count). The van der Waals surface area contributed by atoms with Gasteiger partial charge in [-0.2, -0.15) is 0 Å². The van der Waals surface area contributed by atoms with Crippen molar-refractivity contribution in [3.63, 3.8) is 0 Å². The number of halogens is 1. The molecule has 21 heavy (non-hydrogen) atoms. The topological polar surface area (TPSA) is 42.0 Å². The van der Waals surface area contributed by atoms with Gasteiger partial charge < -0.3 is 5.32 Å². The number of carbonyl (C=O) groups is 1. The van der Waals surface area contributed by atoms with E-state index >= 15 is 0 Å². The van der Waals surface area contributed by atoms with Gasteiger partial charge >= 0.3 is 0 Å². The van der Waals surface area contributed by atoms with Crippen molar-refractivity contribution in [1.29, 1.82) is 0 Å². The highest BCUT2D eigenvalue weighted by Crippen LogP contribution is 2.22. The summed E-state index contributed by atoms with van der Waals surface area (Å²) in [5.41, 5.74) is 1.71. The molecule has 0 atom stereocenters. The molecule has 0 saturated heterocycles. The average Bonchev–Trinajstić information content (AvgIpc) is 2.88. The van der Waals surface area contributed by atoms with E-state index in [1.807, 2.05) is 36.4 Å². The molecule has 106 valence electrons. The molecule has 0 aliphatic heterocycles. The number of fused-ring (bicyclic) bond motifs is 1. The lowest BCUT2D eigenvalue weighted by Crippen LogP contribution is -2.12.